The number of amides is 1. The number of alkyl halides is 2. The van der Waals surface area contributed by atoms with Gasteiger partial charge in [0.25, 0.3) is 5.91 Å². The Bertz CT molecular complexity index is 444. The predicted molar refractivity (Wildman–Crippen MR) is 75.1 cm³/mol. The van der Waals surface area contributed by atoms with E-state index in [4.69, 9.17) is 0 Å². The first-order valence-corrected chi connectivity index (χ1v) is 6.79. The van der Waals surface area contributed by atoms with Crippen LogP contribution in [0.1, 0.15) is 42.5 Å². The van der Waals surface area contributed by atoms with Crippen molar-refractivity contribution in [2.24, 2.45) is 0 Å². The molecule has 0 unspecified atom stereocenters. The smallest absolute Gasteiger partial charge is 0.319 e. The first-order chi connectivity index (χ1) is 9.38. The minimum Gasteiger partial charge on any atom is -0.349 e. The lowest BCUT2D eigenvalue weighted by molar-refractivity contribution is 0.0615. The standard InChI is InChI=1S/C14H23F2N3O/c1-5-6-11(18(3)4)9-17-13(20)12-8-7-10(2)19(12)14(15)16/h7-8,11,14H,5-6,9H2,1-4H3,(H,17,20)/t11-/m1/s1. The zero-order valence-electron chi connectivity index (χ0n) is 12.5. The average molecular weight is 287 g/mol. The molecular weight excluding hydrogens is 264 g/mol. The highest BCUT2D eigenvalue weighted by Crippen LogP contribution is 2.18. The lowest BCUT2D eigenvalue weighted by Crippen LogP contribution is -2.40. The molecule has 0 aliphatic carbocycles. The van der Waals surface area contributed by atoms with Crippen molar-refractivity contribution in [2.45, 2.75) is 39.3 Å². The maximum atomic E-state index is 12.9. The number of nitrogens with zero attached hydrogens (tertiary/aromatic N) is 2. The van der Waals surface area contributed by atoms with Crippen LogP contribution in [-0.2, 0) is 0 Å². The molecule has 0 radical (unpaired) electrons. The summed E-state index contributed by atoms with van der Waals surface area (Å²) in [6, 6.07) is 3.16. The Morgan fingerprint density at radius 1 is 1.40 bits per heavy atom. The van der Waals surface area contributed by atoms with E-state index in [9.17, 15) is 13.6 Å². The van der Waals surface area contributed by atoms with Crippen molar-refractivity contribution in [3.63, 3.8) is 0 Å². The van der Waals surface area contributed by atoms with Gasteiger partial charge in [0.1, 0.15) is 5.69 Å². The lowest BCUT2D eigenvalue weighted by Gasteiger charge is -2.24. The summed E-state index contributed by atoms with van der Waals surface area (Å²) in [5.41, 5.74) is 0.384. The van der Waals surface area contributed by atoms with Gasteiger partial charge in [0, 0.05) is 18.3 Å². The quantitative estimate of drug-likeness (QED) is 0.837. The van der Waals surface area contributed by atoms with Gasteiger partial charge >= 0.3 is 6.55 Å². The molecule has 114 valence electrons. The van der Waals surface area contributed by atoms with Crippen LogP contribution >= 0.6 is 0 Å². The van der Waals surface area contributed by atoms with E-state index in [-0.39, 0.29) is 11.7 Å². The van der Waals surface area contributed by atoms with Crippen molar-refractivity contribution in [3.05, 3.63) is 23.5 Å². The molecule has 0 aromatic carbocycles. The van der Waals surface area contributed by atoms with E-state index in [1.807, 2.05) is 19.0 Å². The Kier molecular flexibility index (Phi) is 6.13. The third-order valence-corrected chi connectivity index (χ3v) is 3.40. The van der Waals surface area contributed by atoms with Gasteiger partial charge in [-0.3, -0.25) is 9.36 Å². The zero-order chi connectivity index (χ0) is 15.3. The van der Waals surface area contributed by atoms with Gasteiger partial charge in [0.2, 0.25) is 0 Å². The summed E-state index contributed by atoms with van der Waals surface area (Å²) in [4.78, 5) is 14.1. The highest BCUT2D eigenvalue weighted by atomic mass is 19.3. The van der Waals surface area contributed by atoms with Gasteiger partial charge in [-0.25, -0.2) is 0 Å². The summed E-state index contributed by atoms with van der Waals surface area (Å²) < 4.78 is 26.6. The molecule has 1 rings (SSSR count). The molecular formula is C14H23F2N3O. The van der Waals surface area contributed by atoms with Crippen molar-refractivity contribution < 1.29 is 13.6 Å². The number of nitrogens with one attached hydrogen (secondary N) is 1. The van der Waals surface area contributed by atoms with Crippen LogP contribution in [0.5, 0.6) is 0 Å². The molecule has 1 aromatic rings. The largest absolute Gasteiger partial charge is 0.349 e. The van der Waals surface area contributed by atoms with Crippen molar-refractivity contribution >= 4 is 5.91 Å². The fraction of sp³-hybridized carbons (Fsp3) is 0.643. The van der Waals surface area contributed by atoms with Gasteiger partial charge in [-0.05, 0) is 39.6 Å². The van der Waals surface area contributed by atoms with Crippen LogP contribution in [0, 0.1) is 6.92 Å². The number of likely N-dealkylation sites (N-methyl/N-ethyl adjacent to an activating group) is 1. The van der Waals surface area contributed by atoms with Gasteiger partial charge in [0.15, 0.2) is 0 Å². The molecule has 6 heteroatoms. The zero-order valence-corrected chi connectivity index (χ0v) is 12.5. The van der Waals surface area contributed by atoms with Crippen LogP contribution in [0.4, 0.5) is 8.78 Å². The van der Waals surface area contributed by atoms with Crippen molar-refractivity contribution in [3.8, 4) is 0 Å². The second-order valence-electron chi connectivity index (χ2n) is 5.12. The second-order valence-corrected chi connectivity index (χ2v) is 5.12. The molecule has 0 aliphatic heterocycles. The molecule has 4 nitrogen and oxygen atoms in total. The van der Waals surface area contributed by atoms with E-state index in [2.05, 4.69) is 12.2 Å². The molecule has 1 amide bonds. The molecule has 1 heterocycles. The Morgan fingerprint density at radius 2 is 2.05 bits per heavy atom. The molecule has 0 saturated heterocycles. The number of hydrogen-bond acceptors (Lipinski definition) is 2. The molecule has 0 fully saturated rings. The third-order valence-electron chi connectivity index (χ3n) is 3.40. The first-order valence-electron chi connectivity index (χ1n) is 6.79. The number of hydrogen-bond donors (Lipinski definition) is 1. The number of carbonyl (C=O) groups is 1. The molecule has 0 bridgehead atoms. The van der Waals surface area contributed by atoms with E-state index in [0.29, 0.717) is 12.2 Å². The van der Waals surface area contributed by atoms with Gasteiger partial charge in [-0.2, -0.15) is 8.78 Å². The normalized spacial score (nSPS) is 13.0. The molecule has 1 aromatic heterocycles. The summed E-state index contributed by atoms with van der Waals surface area (Å²) in [6.07, 6.45) is 1.95. The summed E-state index contributed by atoms with van der Waals surface area (Å²) in [5.74, 6) is -0.457. The van der Waals surface area contributed by atoms with E-state index in [1.165, 1.54) is 12.1 Å². The number of rotatable bonds is 7. The summed E-state index contributed by atoms with van der Waals surface area (Å²) in [5, 5.41) is 2.74. The van der Waals surface area contributed by atoms with Crippen molar-refractivity contribution in [1.29, 1.82) is 0 Å². The van der Waals surface area contributed by atoms with E-state index < -0.39 is 12.5 Å². The monoisotopic (exact) mass is 287 g/mol. The molecule has 20 heavy (non-hydrogen) atoms. The maximum absolute atomic E-state index is 12.9. The fourth-order valence-electron chi connectivity index (χ4n) is 2.17. The van der Waals surface area contributed by atoms with Crippen LogP contribution in [0.3, 0.4) is 0 Å². The van der Waals surface area contributed by atoms with Gasteiger partial charge in [-0.15, -0.1) is 0 Å². The van der Waals surface area contributed by atoms with Crippen LogP contribution in [0.25, 0.3) is 0 Å². The van der Waals surface area contributed by atoms with Crippen LogP contribution in [0.15, 0.2) is 12.1 Å². The highest BCUT2D eigenvalue weighted by molar-refractivity contribution is 5.93. The summed E-state index contributed by atoms with van der Waals surface area (Å²) in [6.45, 7) is 1.38. The van der Waals surface area contributed by atoms with Gasteiger partial charge < -0.3 is 10.2 Å². The minimum absolute atomic E-state index is 0.00602. The highest BCUT2D eigenvalue weighted by Gasteiger charge is 2.20. The predicted octanol–water partition coefficient (Wildman–Crippen LogP) is 2.65. The molecule has 1 atom stereocenters. The number of aromatic nitrogens is 1. The molecule has 0 spiro atoms. The van der Waals surface area contributed by atoms with E-state index in [0.717, 1.165) is 17.4 Å². The van der Waals surface area contributed by atoms with Crippen LogP contribution in [0.2, 0.25) is 0 Å². The summed E-state index contributed by atoms with van der Waals surface area (Å²) in [7, 11) is 3.89. The number of carbonyl (C=O) groups excluding carboxylic acids is 1. The Balaban J connectivity index is 2.72. The average Bonchev–Trinajstić information content (AvgIpc) is 2.75. The summed E-state index contributed by atoms with van der Waals surface area (Å²) >= 11 is 0. The fourth-order valence-corrected chi connectivity index (χ4v) is 2.17. The Hall–Kier alpha value is -1.43. The Morgan fingerprint density at radius 3 is 2.55 bits per heavy atom. The number of aryl methyl sites for hydroxylation is 1. The van der Waals surface area contributed by atoms with E-state index in [1.54, 1.807) is 6.92 Å². The number of halogens is 2. The third kappa shape index (κ3) is 4.03. The Labute approximate surface area is 118 Å². The SMILES string of the molecule is CCC[C@H](CNC(=O)c1ccc(C)n1C(F)F)N(C)C. The maximum Gasteiger partial charge on any atom is 0.319 e. The molecule has 0 aliphatic rings. The minimum atomic E-state index is -2.70. The van der Waals surface area contributed by atoms with Gasteiger partial charge in [-0.1, -0.05) is 13.3 Å². The first kappa shape index (κ1) is 16.6. The molecule has 1 N–H and O–H groups in total. The van der Waals surface area contributed by atoms with Crippen molar-refractivity contribution in [2.75, 3.05) is 20.6 Å². The topological polar surface area (TPSA) is 37.3 Å². The second kappa shape index (κ2) is 7.38. The van der Waals surface area contributed by atoms with Crippen LogP contribution in [-0.4, -0.2) is 42.1 Å². The van der Waals surface area contributed by atoms with Crippen LogP contribution < -0.4 is 5.32 Å². The van der Waals surface area contributed by atoms with E-state index >= 15 is 0 Å². The van der Waals surface area contributed by atoms with Gasteiger partial charge in [0.05, 0.1) is 0 Å². The lowest BCUT2D eigenvalue weighted by atomic mass is 10.1. The molecule has 0 saturated carbocycles. The van der Waals surface area contributed by atoms with Crippen molar-refractivity contribution in [1.82, 2.24) is 14.8 Å².